The zero-order valence-electron chi connectivity index (χ0n) is 19.2. The van der Waals surface area contributed by atoms with Gasteiger partial charge in [-0.15, -0.1) is 0 Å². The lowest BCUT2D eigenvalue weighted by Gasteiger charge is -2.49. The lowest BCUT2D eigenvalue weighted by atomic mass is 9.51. The molecule has 1 aromatic carbocycles. The molecule has 3 aliphatic rings. The van der Waals surface area contributed by atoms with Gasteiger partial charge in [0.1, 0.15) is 0 Å². The van der Waals surface area contributed by atoms with E-state index in [1.54, 1.807) is 26.0 Å². The molecule has 4 unspecified atom stereocenters. The van der Waals surface area contributed by atoms with Crippen molar-refractivity contribution in [3.8, 4) is 5.75 Å². The molecule has 2 aromatic rings. The molecule has 1 heterocycles. The first-order valence-electron chi connectivity index (χ1n) is 11.4. The second-order valence-electron chi connectivity index (χ2n) is 9.70. The highest BCUT2D eigenvalue weighted by atomic mass is 16.3. The van der Waals surface area contributed by atoms with Crippen LogP contribution in [0.15, 0.2) is 46.1 Å². The maximum atomic E-state index is 13.7. The number of allylic oxidation sites excluding steroid dienone is 2. The Morgan fingerprint density at radius 3 is 2.57 bits per heavy atom. The first kappa shape index (κ1) is 22.8. The predicted octanol–water partition coefficient (Wildman–Crippen LogP) is 2.58. The maximum Gasteiger partial charge on any atom is 0.291 e. The van der Waals surface area contributed by atoms with Crippen molar-refractivity contribution in [3.63, 3.8) is 0 Å². The molecule has 1 fully saturated rings. The third-order valence-electron chi connectivity index (χ3n) is 8.00. The molecule has 4 atom stereocenters. The Bertz CT molecular complexity index is 1350. The lowest BCUT2D eigenvalue weighted by Crippen LogP contribution is -2.56. The van der Waals surface area contributed by atoms with Crippen LogP contribution in [-0.2, 0) is 20.8 Å². The Kier molecular flexibility index (Phi) is 5.05. The maximum absolute atomic E-state index is 13.7. The number of hydrogen-bond acceptors (Lipinski definition) is 7. The number of nitrogens with two attached hydrogens (primary N) is 1. The van der Waals surface area contributed by atoms with Gasteiger partial charge in [-0.3, -0.25) is 24.0 Å². The molecule has 5 rings (SSSR count). The number of furan rings is 1. The van der Waals surface area contributed by atoms with Crippen molar-refractivity contribution >= 4 is 34.9 Å². The fourth-order valence-corrected chi connectivity index (χ4v) is 6.05. The quantitative estimate of drug-likeness (QED) is 0.454. The predicted molar refractivity (Wildman–Crippen MR) is 123 cm³/mol. The van der Waals surface area contributed by atoms with Crippen LogP contribution in [0, 0.1) is 23.2 Å². The summed E-state index contributed by atoms with van der Waals surface area (Å²) < 4.78 is 5.07. The fourth-order valence-electron chi connectivity index (χ4n) is 6.05. The van der Waals surface area contributed by atoms with Gasteiger partial charge in [0.2, 0.25) is 5.91 Å². The lowest BCUT2D eigenvalue weighted by molar-refractivity contribution is -0.150. The van der Waals surface area contributed by atoms with Gasteiger partial charge < -0.3 is 20.6 Å². The molecule has 0 bridgehead atoms. The topological polar surface area (TPSA) is 157 Å². The number of carbonyl (C=O) groups is 5. The van der Waals surface area contributed by atoms with Crippen LogP contribution in [0.25, 0.3) is 0 Å². The highest BCUT2D eigenvalue weighted by molar-refractivity contribution is 6.23. The number of ketones is 3. The summed E-state index contributed by atoms with van der Waals surface area (Å²) in [5.41, 5.74) is 5.85. The Morgan fingerprint density at radius 2 is 1.91 bits per heavy atom. The Labute approximate surface area is 200 Å². The highest BCUT2D eigenvalue weighted by Crippen LogP contribution is 2.56. The van der Waals surface area contributed by atoms with Crippen molar-refractivity contribution < 1.29 is 33.5 Å². The Hall–Kier alpha value is -4.01. The highest BCUT2D eigenvalue weighted by Gasteiger charge is 2.58. The summed E-state index contributed by atoms with van der Waals surface area (Å²) in [5, 5.41) is 13.5. The van der Waals surface area contributed by atoms with E-state index in [1.165, 1.54) is 18.4 Å². The number of phenols is 1. The normalized spacial score (nSPS) is 27.7. The largest absolute Gasteiger partial charge is 0.505 e. The average Bonchev–Trinajstić information content (AvgIpc) is 3.33. The molecule has 1 aromatic heterocycles. The van der Waals surface area contributed by atoms with E-state index in [9.17, 15) is 29.1 Å². The van der Waals surface area contributed by atoms with E-state index in [0.717, 1.165) is 0 Å². The van der Waals surface area contributed by atoms with Crippen LogP contribution in [0.2, 0.25) is 0 Å². The second kappa shape index (κ2) is 7.76. The van der Waals surface area contributed by atoms with E-state index in [1.807, 2.05) is 0 Å². The smallest absolute Gasteiger partial charge is 0.291 e. The number of anilines is 1. The molecule has 3 aliphatic carbocycles. The molecule has 9 nitrogen and oxygen atoms in total. The van der Waals surface area contributed by atoms with Crippen LogP contribution in [0.1, 0.15) is 53.2 Å². The van der Waals surface area contributed by atoms with Crippen molar-refractivity contribution in [2.24, 2.45) is 28.9 Å². The van der Waals surface area contributed by atoms with Crippen LogP contribution >= 0.6 is 0 Å². The summed E-state index contributed by atoms with van der Waals surface area (Å²) in [6.07, 6.45) is 2.25. The summed E-state index contributed by atoms with van der Waals surface area (Å²) >= 11 is 0. The zero-order chi connectivity index (χ0) is 25.2. The fraction of sp³-hybridized carbons (Fsp3) is 0.346. The minimum absolute atomic E-state index is 0.0427. The Morgan fingerprint density at radius 1 is 1.17 bits per heavy atom. The third-order valence-corrected chi connectivity index (χ3v) is 8.00. The van der Waals surface area contributed by atoms with Gasteiger partial charge in [0.05, 0.1) is 22.9 Å². The number of Topliss-reactive ketones (excluding diaryl/α,β-unsaturated/α-hetero) is 3. The van der Waals surface area contributed by atoms with Crippen LogP contribution in [0.4, 0.5) is 5.69 Å². The summed E-state index contributed by atoms with van der Waals surface area (Å²) in [6.45, 7) is 3.35. The van der Waals surface area contributed by atoms with E-state index in [-0.39, 0.29) is 41.0 Å². The summed E-state index contributed by atoms with van der Waals surface area (Å²) in [5.74, 6) is -5.45. The number of carbonyl (C=O) groups excluding carboxylic acids is 5. The number of fused-ring (bicyclic) bond motifs is 3. The molecule has 0 aliphatic heterocycles. The number of hydrogen-bond donors (Lipinski definition) is 3. The molecular formula is C26H24N2O7. The number of rotatable bonds is 3. The molecule has 9 heteroatoms. The van der Waals surface area contributed by atoms with E-state index in [4.69, 9.17) is 10.2 Å². The molecule has 4 N–H and O–H groups in total. The number of amides is 2. The molecular weight excluding hydrogens is 452 g/mol. The zero-order valence-corrected chi connectivity index (χ0v) is 19.2. The molecule has 0 saturated heterocycles. The first-order valence-corrected chi connectivity index (χ1v) is 11.4. The van der Waals surface area contributed by atoms with Gasteiger partial charge in [-0.2, -0.15) is 0 Å². The van der Waals surface area contributed by atoms with Gasteiger partial charge in [0.25, 0.3) is 5.91 Å². The van der Waals surface area contributed by atoms with Crippen molar-refractivity contribution in [1.82, 2.24) is 0 Å². The van der Waals surface area contributed by atoms with Gasteiger partial charge in [-0.25, -0.2) is 0 Å². The average molecular weight is 476 g/mol. The first-order chi connectivity index (χ1) is 16.6. The van der Waals surface area contributed by atoms with Crippen LogP contribution in [-0.4, -0.2) is 34.3 Å². The van der Waals surface area contributed by atoms with Crippen LogP contribution in [0.5, 0.6) is 5.75 Å². The van der Waals surface area contributed by atoms with E-state index >= 15 is 0 Å². The van der Waals surface area contributed by atoms with Gasteiger partial charge in [0.15, 0.2) is 34.8 Å². The SMILES string of the molecule is CC1=C2C(=O)c3c(ccc(NC(=O)c4ccco4)c3O)CC2CC2CC(=O)C(C(N)=O)C(=O)C12C. The standard InChI is InChI=1S/C26H24N2O7/c1-11-18-13(9-14-10-16(29)20(24(27)33)23(32)26(11,14)2)8-12-5-6-15(21(30)19(12)22(18)31)28-25(34)17-4-3-7-35-17/h3-7,13-14,20,30H,8-10H2,1-2H3,(H2,27,33)(H,28,34). The summed E-state index contributed by atoms with van der Waals surface area (Å²) in [4.78, 5) is 63.9. The van der Waals surface area contributed by atoms with Crippen molar-refractivity contribution in [2.45, 2.75) is 33.1 Å². The number of nitrogens with one attached hydrogen (secondary N) is 1. The number of phenolic OH excluding ortho intramolecular Hbond substituents is 1. The molecule has 2 amide bonds. The van der Waals surface area contributed by atoms with Crippen molar-refractivity contribution in [1.29, 1.82) is 0 Å². The molecule has 1 saturated carbocycles. The summed E-state index contributed by atoms with van der Waals surface area (Å²) in [6, 6.07) is 6.24. The van der Waals surface area contributed by atoms with Crippen LogP contribution < -0.4 is 11.1 Å². The van der Waals surface area contributed by atoms with Crippen molar-refractivity contribution in [3.05, 3.63) is 58.6 Å². The minimum atomic E-state index is -1.52. The second-order valence-corrected chi connectivity index (χ2v) is 9.70. The molecule has 180 valence electrons. The number of aromatic hydroxyl groups is 1. The van der Waals surface area contributed by atoms with Gasteiger partial charge >= 0.3 is 0 Å². The molecule has 0 radical (unpaired) electrons. The number of primary amides is 1. The van der Waals surface area contributed by atoms with Gasteiger partial charge in [-0.1, -0.05) is 11.6 Å². The molecule has 0 spiro atoms. The molecule has 35 heavy (non-hydrogen) atoms. The Balaban J connectivity index is 1.57. The third kappa shape index (κ3) is 3.18. The van der Waals surface area contributed by atoms with Gasteiger partial charge in [-0.05, 0) is 62.3 Å². The minimum Gasteiger partial charge on any atom is -0.505 e. The van der Waals surface area contributed by atoms with E-state index in [2.05, 4.69) is 5.32 Å². The van der Waals surface area contributed by atoms with E-state index in [0.29, 0.717) is 29.6 Å². The monoisotopic (exact) mass is 476 g/mol. The van der Waals surface area contributed by atoms with Gasteiger partial charge in [0, 0.05) is 12.0 Å². The van der Waals surface area contributed by atoms with E-state index < -0.39 is 40.5 Å². The summed E-state index contributed by atoms with van der Waals surface area (Å²) in [7, 11) is 0. The van der Waals surface area contributed by atoms with Crippen molar-refractivity contribution in [2.75, 3.05) is 5.32 Å². The van der Waals surface area contributed by atoms with Crippen LogP contribution in [0.3, 0.4) is 0 Å². The number of benzene rings is 1.